The highest BCUT2D eigenvalue weighted by atomic mass is 32.1. The topological polar surface area (TPSA) is 91.5 Å². The van der Waals surface area contributed by atoms with Crippen molar-refractivity contribution in [3.63, 3.8) is 0 Å². The van der Waals surface area contributed by atoms with E-state index < -0.39 is 0 Å². The summed E-state index contributed by atoms with van der Waals surface area (Å²) in [5.74, 6) is 0.566. The van der Waals surface area contributed by atoms with Gasteiger partial charge >= 0.3 is 0 Å². The number of nitrogens with two attached hydrogens (primary N) is 1. The van der Waals surface area contributed by atoms with Crippen LogP contribution in [0.2, 0.25) is 0 Å². The molecule has 1 aromatic rings. The molecule has 2 aliphatic rings. The van der Waals surface area contributed by atoms with Gasteiger partial charge in [-0.25, -0.2) is 4.98 Å². The van der Waals surface area contributed by atoms with Crippen LogP contribution in [-0.2, 0) is 0 Å². The van der Waals surface area contributed by atoms with Gasteiger partial charge < -0.3 is 21.1 Å². The molecule has 0 aromatic carbocycles. The molecule has 0 atom stereocenters. The Morgan fingerprint density at radius 3 is 2.80 bits per heavy atom. The zero-order chi connectivity index (χ0) is 14.1. The van der Waals surface area contributed by atoms with Gasteiger partial charge in [0.1, 0.15) is 10.7 Å². The lowest BCUT2D eigenvalue weighted by Gasteiger charge is -2.31. The van der Waals surface area contributed by atoms with Gasteiger partial charge in [-0.05, 0) is 31.6 Å². The molecule has 20 heavy (non-hydrogen) atoms. The number of hydrogen-bond acceptors (Lipinski definition) is 6. The summed E-state index contributed by atoms with van der Waals surface area (Å²) in [4.78, 5) is 19.1. The van der Waals surface area contributed by atoms with Crippen molar-refractivity contribution in [1.29, 1.82) is 0 Å². The monoisotopic (exact) mass is 296 g/mol. The molecule has 1 aliphatic carbocycles. The average Bonchev–Trinajstić information content (AvgIpc) is 3.01. The van der Waals surface area contributed by atoms with E-state index >= 15 is 0 Å². The molecule has 6 nitrogen and oxygen atoms in total. The second-order valence-electron chi connectivity index (χ2n) is 5.61. The fourth-order valence-corrected chi connectivity index (χ4v) is 3.66. The number of nitrogens with zero attached hydrogens (tertiary/aromatic N) is 2. The molecule has 110 valence electrons. The number of rotatable bonds is 4. The van der Waals surface area contributed by atoms with Crippen LogP contribution in [0.1, 0.15) is 35.4 Å². The van der Waals surface area contributed by atoms with Crippen LogP contribution in [0, 0.1) is 5.92 Å². The van der Waals surface area contributed by atoms with E-state index in [1.807, 2.05) is 0 Å². The maximum atomic E-state index is 12.1. The Bertz CT molecular complexity index is 493. The minimum atomic E-state index is -0.188. The maximum absolute atomic E-state index is 12.1. The van der Waals surface area contributed by atoms with Gasteiger partial charge in [0.05, 0.1) is 6.10 Å². The van der Waals surface area contributed by atoms with E-state index in [1.54, 1.807) is 0 Å². The van der Waals surface area contributed by atoms with E-state index in [0.29, 0.717) is 23.2 Å². The number of thiazole rings is 1. The number of aliphatic hydroxyl groups is 1. The van der Waals surface area contributed by atoms with Gasteiger partial charge in [-0.1, -0.05) is 11.3 Å². The molecule has 0 radical (unpaired) electrons. The van der Waals surface area contributed by atoms with Crippen LogP contribution >= 0.6 is 11.3 Å². The zero-order valence-electron chi connectivity index (χ0n) is 11.3. The van der Waals surface area contributed by atoms with E-state index in [9.17, 15) is 9.90 Å². The molecule has 0 bridgehead atoms. The van der Waals surface area contributed by atoms with Crippen molar-refractivity contribution in [1.82, 2.24) is 10.3 Å². The molecular weight excluding hydrogens is 276 g/mol. The number of amides is 1. The fraction of sp³-hybridized carbons (Fsp3) is 0.692. The smallest absolute Gasteiger partial charge is 0.265 e. The van der Waals surface area contributed by atoms with Crippen molar-refractivity contribution in [2.24, 2.45) is 5.92 Å². The highest BCUT2D eigenvalue weighted by molar-refractivity contribution is 7.18. The van der Waals surface area contributed by atoms with Crippen molar-refractivity contribution in [3.8, 4) is 0 Å². The largest absolute Gasteiger partial charge is 0.393 e. The van der Waals surface area contributed by atoms with Crippen LogP contribution in [0.25, 0.3) is 0 Å². The lowest BCUT2D eigenvalue weighted by molar-refractivity contribution is 0.0420. The predicted octanol–water partition coefficient (Wildman–Crippen LogP) is 0.826. The van der Waals surface area contributed by atoms with E-state index in [4.69, 9.17) is 5.73 Å². The third kappa shape index (κ3) is 2.73. The molecule has 4 N–H and O–H groups in total. The SMILES string of the molecule is Nc1nc(N2CCCC2)sc1C(=O)NCC1CC(O)C1. The highest BCUT2D eigenvalue weighted by Crippen LogP contribution is 2.31. The van der Waals surface area contributed by atoms with Crippen molar-refractivity contribution in [2.45, 2.75) is 31.8 Å². The molecule has 2 heterocycles. The average molecular weight is 296 g/mol. The molecule has 1 saturated carbocycles. The molecule has 0 unspecified atom stereocenters. The van der Waals surface area contributed by atoms with Crippen molar-refractivity contribution < 1.29 is 9.90 Å². The van der Waals surface area contributed by atoms with Crippen LogP contribution in [-0.4, -0.2) is 41.7 Å². The summed E-state index contributed by atoms with van der Waals surface area (Å²) in [6, 6.07) is 0. The second kappa shape index (κ2) is 5.57. The number of anilines is 2. The number of carbonyl (C=O) groups is 1. The predicted molar refractivity (Wildman–Crippen MR) is 79.0 cm³/mol. The molecule has 1 aliphatic heterocycles. The summed E-state index contributed by atoms with van der Waals surface area (Å²) in [5, 5.41) is 13.0. The Morgan fingerprint density at radius 1 is 1.45 bits per heavy atom. The summed E-state index contributed by atoms with van der Waals surface area (Å²) in [6.45, 7) is 2.59. The third-order valence-corrected chi connectivity index (χ3v) is 5.12. The number of aromatic nitrogens is 1. The lowest BCUT2D eigenvalue weighted by Crippen LogP contribution is -2.38. The molecule has 2 fully saturated rings. The first-order valence-corrected chi connectivity index (χ1v) is 7.92. The Balaban J connectivity index is 1.59. The van der Waals surface area contributed by atoms with Crippen LogP contribution in [0.15, 0.2) is 0 Å². The Morgan fingerprint density at radius 2 is 2.15 bits per heavy atom. The van der Waals surface area contributed by atoms with Crippen molar-refractivity contribution in [2.75, 3.05) is 30.3 Å². The van der Waals surface area contributed by atoms with Gasteiger partial charge in [0.2, 0.25) is 0 Å². The number of carbonyl (C=O) groups excluding carboxylic acids is 1. The maximum Gasteiger partial charge on any atom is 0.265 e. The van der Waals surface area contributed by atoms with E-state index in [-0.39, 0.29) is 12.0 Å². The summed E-state index contributed by atoms with van der Waals surface area (Å²) in [7, 11) is 0. The molecular formula is C13H20N4O2S. The van der Waals surface area contributed by atoms with Gasteiger partial charge in [0.25, 0.3) is 5.91 Å². The number of aliphatic hydroxyl groups excluding tert-OH is 1. The Labute approximate surface area is 122 Å². The number of nitrogens with one attached hydrogen (secondary N) is 1. The number of hydrogen-bond donors (Lipinski definition) is 3. The Hall–Kier alpha value is -1.34. The van der Waals surface area contributed by atoms with Crippen LogP contribution in [0.3, 0.4) is 0 Å². The Kier molecular flexibility index (Phi) is 3.80. The first-order chi connectivity index (χ1) is 9.63. The van der Waals surface area contributed by atoms with Crippen molar-refractivity contribution >= 4 is 28.2 Å². The summed E-state index contributed by atoms with van der Waals surface area (Å²) < 4.78 is 0. The number of nitrogen functional groups attached to an aromatic ring is 1. The van der Waals surface area contributed by atoms with E-state index in [0.717, 1.165) is 31.1 Å². The van der Waals surface area contributed by atoms with Gasteiger partial charge in [-0.3, -0.25) is 4.79 Å². The minimum absolute atomic E-state index is 0.146. The standard InChI is InChI=1S/C13H20N4O2S/c14-11-10(12(19)15-7-8-5-9(18)6-8)20-13(16-11)17-3-1-2-4-17/h8-9,18H,1-7,14H2,(H,15,19). The van der Waals surface area contributed by atoms with Crippen molar-refractivity contribution in [3.05, 3.63) is 4.88 Å². The lowest BCUT2D eigenvalue weighted by atomic mass is 9.82. The molecule has 1 saturated heterocycles. The van der Waals surface area contributed by atoms with E-state index in [1.165, 1.54) is 24.2 Å². The van der Waals surface area contributed by atoms with Gasteiger partial charge in [-0.2, -0.15) is 0 Å². The highest BCUT2D eigenvalue weighted by Gasteiger charge is 2.28. The zero-order valence-corrected chi connectivity index (χ0v) is 12.2. The van der Waals surface area contributed by atoms with Gasteiger partial charge in [0.15, 0.2) is 5.13 Å². The quantitative estimate of drug-likeness (QED) is 0.765. The summed E-state index contributed by atoms with van der Waals surface area (Å²) >= 11 is 1.37. The normalized spacial score (nSPS) is 25.6. The first kappa shape index (κ1) is 13.6. The van der Waals surface area contributed by atoms with Crippen LogP contribution < -0.4 is 16.0 Å². The first-order valence-electron chi connectivity index (χ1n) is 7.11. The van der Waals surface area contributed by atoms with Crippen LogP contribution in [0.5, 0.6) is 0 Å². The van der Waals surface area contributed by atoms with Gasteiger partial charge in [0, 0.05) is 19.6 Å². The molecule has 0 spiro atoms. The molecule has 7 heteroatoms. The van der Waals surface area contributed by atoms with Crippen LogP contribution in [0.4, 0.5) is 10.9 Å². The fourth-order valence-electron chi connectivity index (χ4n) is 2.71. The third-order valence-electron chi connectivity index (χ3n) is 3.99. The van der Waals surface area contributed by atoms with Gasteiger partial charge in [-0.15, -0.1) is 0 Å². The van der Waals surface area contributed by atoms with E-state index in [2.05, 4.69) is 15.2 Å². The molecule has 1 aromatic heterocycles. The summed E-state index contributed by atoms with van der Waals surface area (Å²) in [6.07, 6.45) is 3.71. The minimum Gasteiger partial charge on any atom is -0.393 e. The molecule has 1 amide bonds. The summed E-state index contributed by atoms with van der Waals surface area (Å²) in [5.41, 5.74) is 5.86. The second-order valence-corrected chi connectivity index (χ2v) is 6.58. The molecule has 3 rings (SSSR count).